The molecule has 2 atom stereocenters. The summed E-state index contributed by atoms with van der Waals surface area (Å²) in [6.07, 6.45) is 1.77. The third-order valence-corrected chi connectivity index (χ3v) is 3.25. The lowest BCUT2D eigenvalue weighted by Gasteiger charge is -2.24. The van der Waals surface area contributed by atoms with Crippen molar-refractivity contribution in [1.29, 1.82) is 0 Å². The number of pyridine rings is 1. The summed E-state index contributed by atoms with van der Waals surface area (Å²) in [5, 5.41) is 0. The minimum absolute atomic E-state index is 0.0428. The molecule has 2 rings (SSSR count). The van der Waals surface area contributed by atoms with E-state index < -0.39 is 0 Å². The van der Waals surface area contributed by atoms with Crippen LogP contribution >= 0.6 is 15.9 Å². The summed E-state index contributed by atoms with van der Waals surface area (Å²) >= 11 is 3.42. The molecular formula is C11H15BrN2O2. The highest BCUT2D eigenvalue weighted by molar-refractivity contribution is 9.10. The summed E-state index contributed by atoms with van der Waals surface area (Å²) in [6, 6.07) is 4.07. The number of halogens is 1. The first kappa shape index (κ1) is 11.8. The number of aromatic nitrogens is 1. The molecule has 0 amide bonds. The number of rotatable bonds is 3. The van der Waals surface area contributed by atoms with Gasteiger partial charge in [0.25, 0.3) is 0 Å². The van der Waals surface area contributed by atoms with E-state index in [1.165, 1.54) is 0 Å². The van der Waals surface area contributed by atoms with Crippen molar-refractivity contribution in [2.24, 2.45) is 0 Å². The Morgan fingerprint density at radius 3 is 3.00 bits per heavy atom. The van der Waals surface area contributed by atoms with Crippen molar-refractivity contribution in [2.75, 3.05) is 27.3 Å². The second-order valence-corrected chi connectivity index (χ2v) is 4.87. The summed E-state index contributed by atoms with van der Waals surface area (Å²) < 4.78 is 12.2. The molecule has 0 N–H and O–H groups in total. The van der Waals surface area contributed by atoms with Gasteiger partial charge in [0, 0.05) is 6.20 Å². The molecule has 1 aromatic heterocycles. The van der Waals surface area contributed by atoms with Crippen LogP contribution in [0, 0.1) is 0 Å². The highest BCUT2D eigenvalue weighted by Gasteiger charge is 2.32. The van der Waals surface area contributed by atoms with Gasteiger partial charge in [0.05, 0.1) is 23.7 Å². The monoisotopic (exact) mass is 286 g/mol. The van der Waals surface area contributed by atoms with Gasteiger partial charge in [-0.15, -0.1) is 0 Å². The summed E-state index contributed by atoms with van der Waals surface area (Å²) in [4.78, 5) is 6.31. The van der Waals surface area contributed by atoms with E-state index in [0.717, 1.165) is 4.47 Å². The van der Waals surface area contributed by atoms with Gasteiger partial charge in [0.1, 0.15) is 6.10 Å². The fraction of sp³-hybridized carbons (Fsp3) is 0.545. The van der Waals surface area contributed by atoms with Gasteiger partial charge in [-0.1, -0.05) is 0 Å². The number of nitrogens with zero attached hydrogens (tertiary/aromatic N) is 2. The first-order valence-corrected chi connectivity index (χ1v) is 5.99. The van der Waals surface area contributed by atoms with Crippen molar-refractivity contribution in [3.8, 4) is 5.88 Å². The van der Waals surface area contributed by atoms with E-state index in [2.05, 4.69) is 25.8 Å². The molecule has 0 bridgehead atoms. The zero-order chi connectivity index (χ0) is 11.5. The Hall–Kier alpha value is -0.650. The highest BCUT2D eigenvalue weighted by atomic mass is 79.9. The van der Waals surface area contributed by atoms with Gasteiger partial charge in [-0.3, -0.25) is 0 Å². The molecule has 1 saturated heterocycles. The van der Waals surface area contributed by atoms with E-state index >= 15 is 0 Å². The summed E-state index contributed by atoms with van der Waals surface area (Å²) in [7, 11) is 4.06. The van der Waals surface area contributed by atoms with Crippen molar-refractivity contribution >= 4 is 15.9 Å². The Morgan fingerprint density at radius 2 is 2.31 bits per heavy atom. The average molecular weight is 287 g/mol. The fourth-order valence-corrected chi connectivity index (χ4v) is 2.07. The second-order valence-electron chi connectivity index (χ2n) is 4.02. The van der Waals surface area contributed by atoms with Crippen molar-refractivity contribution in [2.45, 2.75) is 12.1 Å². The molecule has 88 valence electrons. The molecule has 1 aliphatic heterocycles. The molecule has 0 saturated carbocycles. The lowest BCUT2D eigenvalue weighted by molar-refractivity contribution is 0.121. The van der Waals surface area contributed by atoms with E-state index in [1.54, 1.807) is 6.20 Å². The molecule has 2 unspecified atom stereocenters. The van der Waals surface area contributed by atoms with Gasteiger partial charge in [0.15, 0.2) is 0 Å². The standard InChI is InChI=1S/C11H15BrN2O2/c1-14(2)9-6-15-7-10(9)16-11-8(12)4-3-5-13-11/h3-5,9-10H,6-7H2,1-2H3. The summed E-state index contributed by atoms with van der Waals surface area (Å²) in [6.45, 7) is 1.33. The quantitative estimate of drug-likeness (QED) is 0.845. The van der Waals surface area contributed by atoms with Crippen LogP contribution in [0.4, 0.5) is 0 Å². The molecule has 2 heterocycles. The van der Waals surface area contributed by atoms with Gasteiger partial charge in [0.2, 0.25) is 5.88 Å². The maximum absolute atomic E-state index is 5.86. The van der Waals surface area contributed by atoms with Gasteiger partial charge in [-0.2, -0.15) is 0 Å². The molecule has 1 aliphatic rings. The minimum Gasteiger partial charge on any atom is -0.469 e. The van der Waals surface area contributed by atoms with Crippen molar-refractivity contribution in [1.82, 2.24) is 9.88 Å². The maximum Gasteiger partial charge on any atom is 0.228 e. The zero-order valence-corrected chi connectivity index (χ0v) is 11.0. The van der Waals surface area contributed by atoms with Crippen LogP contribution in [0.1, 0.15) is 0 Å². The zero-order valence-electron chi connectivity index (χ0n) is 9.39. The number of likely N-dealkylation sites (N-methyl/N-ethyl adjacent to an activating group) is 1. The van der Waals surface area contributed by atoms with Crippen LogP contribution in [-0.4, -0.2) is 49.3 Å². The normalized spacial score (nSPS) is 25.0. The van der Waals surface area contributed by atoms with Crippen LogP contribution in [0.5, 0.6) is 5.88 Å². The Bertz CT molecular complexity index is 360. The SMILES string of the molecule is CN(C)C1COCC1Oc1ncccc1Br. The molecule has 0 radical (unpaired) electrons. The van der Waals surface area contributed by atoms with Crippen LogP contribution in [0.15, 0.2) is 22.8 Å². The first-order chi connectivity index (χ1) is 7.68. The van der Waals surface area contributed by atoms with Crippen LogP contribution in [-0.2, 0) is 4.74 Å². The van der Waals surface area contributed by atoms with Gasteiger partial charge >= 0.3 is 0 Å². The van der Waals surface area contributed by atoms with Gasteiger partial charge in [-0.05, 0) is 42.2 Å². The maximum atomic E-state index is 5.86. The van der Waals surface area contributed by atoms with Crippen LogP contribution in [0.3, 0.4) is 0 Å². The Kier molecular flexibility index (Phi) is 3.78. The molecule has 0 aromatic carbocycles. The largest absolute Gasteiger partial charge is 0.469 e. The van der Waals surface area contributed by atoms with Crippen molar-refractivity contribution in [3.05, 3.63) is 22.8 Å². The topological polar surface area (TPSA) is 34.6 Å². The molecule has 0 spiro atoms. The van der Waals surface area contributed by atoms with E-state index in [0.29, 0.717) is 19.1 Å². The van der Waals surface area contributed by atoms with Crippen LogP contribution in [0.2, 0.25) is 0 Å². The van der Waals surface area contributed by atoms with E-state index in [4.69, 9.17) is 9.47 Å². The number of hydrogen-bond donors (Lipinski definition) is 0. The Labute approximate surface area is 104 Å². The predicted molar refractivity (Wildman–Crippen MR) is 64.6 cm³/mol. The predicted octanol–water partition coefficient (Wildman–Crippen LogP) is 1.55. The summed E-state index contributed by atoms with van der Waals surface area (Å²) in [5.41, 5.74) is 0. The molecule has 1 fully saturated rings. The average Bonchev–Trinajstić information content (AvgIpc) is 2.69. The third kappa shape index (κ3) is 2.53. The minimum atomic E-state index is 0.0428. The highest BCUT2D eigenvalue weighted by Crippen LogP contribution is 2.24. The molecule has 4 nitrogen and oxygen atoms in total. The Morgan fingerprint density at radius 1 is 1.50 bits per heavy atom. The fourth-order valence-electron chi connectivity index (χ4n) is 1.72. The molecule has 5 heteroatoms. The molecule has 1 aromatic rings. The first-order valence-electron chi connectivity index (χ1n) is 5.20. The van der Waals surface area contributed by atoms with E-state index in [9.17, 15) is 0 Å². The van der Waals surface area contributed by atoms with Crippen LogP contribution < -0.4 is 4.74 Å². The number of ether oxygens (including phenoxy) is 2. The van der Waals surface area contributed by atoms with E-state index in [1.807, 2.05) is 26.2 Å². The Balaban J connectivity index is 2.07. The van der Waals surface area contributed by atoms with Crippen LogP contribution in [0.25, 0.3) is 0 Å². The lowest BCUT2D eigenvalue weighted by atomic mass is 10.2. The molecule has 16 heavy (non-hydrogen) atoms. The van der Waals surface area contributed by atoms with E-state index in [-0.39, 0.29) is 12.1 Å². The third-order valence-electron chi connectivity index (χ3n) is 2.65. The number of hydrogen-bond acceptors (Lipinski definition) is 4. The summed E-state index contributed by atoms with van der Waals surface area (Å²) in [5.74, 6) is 0.629. The van der Waals surface area contributed by atoms with Gasteiger partial charge < -0.3 is 14.4 Å². The lowest BCUT2D eigenvalue weighted by Crippen LogP contribution is -2.41. The van der Waals surface area contributed by atoms with Crippen molar-refractivity contribution in [3.63, 3.8) is 0 Å². The second kappa shape index (κ2) is 5.12. The molecular weight excluding hydrogens is 272 g/mol. The molecule has 0 aliphatic carbocycles. The van der Waals surface area contributed by atoms with Gasteiger partial charge in [-0.25, -0.2) is 4.98 Å². The smallest absolute Gasteiger partial charge is 0.228 e. The van der Waals surface area contributed by atoms with Crippen molar-refractivity contribution < 1.29 is 9.47 Å².